The van der Waals surface area contributed by atoms with Gasteiger partial charge in [0.05, 0.1) is 47.5 Å². The first kappa shape index (κ1) is 45.1. The summed E-state index contributed by atoms with van der Waals surface area (Å²) in [4.78, 5) is 52.9. The number of esters is 2. The molecule has 0 aromatic carbocycles. The van der Waals surface area contributed by atoms with Crippen molar-refractivity contribution < 1.29 is 28.5 Å². The van der Waals surface area contributed by atoms with Crippen LogP contribution in [0.3, 0.4) is 0 Å². The average Bonchev–Trinajstić information content (AvgIpc) is 4.20. The summed E-state index contributed by atoms with van der Waals surface area (Å²) in [5.74, 6) is 1.35. The van der Waals surface area contributed by atoms with Crippen molar-refractivity contribution in [3.8, 4) is 11.8 Å². The maximum absolute atomic E-state index is 12.4. The van der Waals surface area contributed by atoms with Gasteiger partial charge in [-0.25, -0.2) is 19.6 Å². The molecule has 4 N–H and O–H groups in total. The molecule has 2 saturated carbocycles. The van der Waals surface area contributed by atoms with Gasteiger partial charge < -0.3 is 30.4 Å². The Morgan fingerprint density at radius 2 is 0.970 bits per heavy atom. The molecule has 2 aliphatic carbocycles. The Kier molecular flexibility index (Phi) is 11.2. The first-order chi connectivity index (χ1) is 31.2. The second kappa shape index (κ2) is 16.3. The fourth-order valence-electron chi connectivity index (χ4n) is 9.52. The highest BCUT2D eigenvalue weighted by Crippen LogP contribution is 2.48. The van der Waals surface area contributed by atoms with Crippen LogP contribution in [0.1, 0.15) is 159 Å². The number of nitrogens with two attached hydrogens (primary N) is 2. The third kappa shape index (κ3) is 8.12. The second-order valence-corrected chi connectivity index (χ2v) is 20.2. The molecule has 14 nitrogen and oxygen atoms in total. The SMILES string of the molecule is COc1ncc([C@@](C)(N)C2CC2)c2cc(Cc3ccc4c(n3)[C@@H](C)C(C)(C)OC4=O)ncc12.COc1ncc([C@](C)(N)C2CC2)c2cc(Cc3ccc4c(n3)[C@@H](C)C(C)(C)OC4=O)ncc12. The number of ether oxygens (including phenoxy) is 4. The van der Waals surface area contributed by atoms with E-state index in [0.29, 0.717) is 47.6 Å². The first-order valence-corrected chi connectivity index (χ1v) is 22.9. The van der Waals surface area contributed by atoms with Crippen molar-refractivity contribution in [2.45, 2.75) is 128 Å². The lowest BCUT2D eigenvalue weighted by molar-refractivity contribution is -0.0200. The van der Waals surface area contributed by atoms with Gasteiger partial charge in [-0.05, 0) is 137 Å². The van der Waals surface area contributed by atoms with Gasteiger partial charge in [0.1, 0.15) is 11.2 Å². The van der Waals surface area contributed by atoms with Crippen LogP contribution in [0, 0.1) is 11.8 Å². The van der Waals surface area contributed by atoms with E-state index >= 15 is 0 Å². The van der Waals surface area contributed by atoms with Crippen LogP contribution in [0.15, 0.2) is 61.2 Å². The molecule has 0 saturated heterocycles. The molecule has 6 aromatic heterocycles. The zero-order valence-electron chi connectivity index (χ0n) is 39.6. The molecule has 2 aliphatic heterocycles. The normalized spacial score (nSPS) is 21.3. The molecule has 0 radical (unpaired) electrons. The monoisotopic (exact) mass is 892 g/mol. The van der Waals surface area contributed by atoms with Crippen LogP contribution < -0.4 is 20.9 Å². The van der Waals surface area contributed by atoms with Crippen LogP contribution in [-0.2, 0) is 33.4 Å². The van der Waals surface area contributed by atoms with Crippen LogP contribution >= 0.6 is 0 Å². The molecule has 10 rings (SSSR count). The summed E-state index contributed by atoms with van der Waals surface area (Å²) in [5.41, 5.74) is 19.6. The summed E-state index contributed by atoms with van der Waals surface area (Å²) < 4.78 is 22.1. The van der Waals surface area contributed by atoms with Crippen molar-refractivity contribution in [2.24, 2.45) is 23.3 Å². The van der Waals surface area contributed by atoms with E-state index in [-0.39, 0.29) is 23.8 Å². The minimum absolute atomic E-state index is 0.00635. The van der Waals surface area contributed by atoms with Gasteiger partial charge in [0.25, 0.3) is 0 Å². The molecule has 0 bridgehead atoms. The molecule has 6 aromatic rings. The maximum Gasteiger partial charge on any atom is 0.340 e. The lowest BCUT2D eigenvalue weighted by Crippen LogP contribution is -2.39. The first-order valence-electron chi connectivity index (χ1n) is 22.9. The van der Waals surface area contributed by atoms with Gasteiger partial charge >= 0.3 is 11.9 Å². The van der Waals surface area contributed by atoms with E-state index in [4.69, 9.17) is 40.4 Å². The zero-order chi connectivity index (χ0) is 47.1. The summed E-state index contributed by atoms with van der Waals surface area (Å²) >= 11 is 0. The fourth-order valence-corrected chi connectivity index (χ4v) is 9.52. The standard InChI is InChI=1S/2C26H30N4O3/c2*1-14-22-18(24(31)33-25(14,2)3)9-8-16(30-22)10-17-11-19-20(12-28-17)23(32-5)29-13-21(19)26(4,27)15-6-7-15/h2*8-9,11-15H,6-7,10,27H2,1-5H3/t14-,26+;14-,26-/m11/s1. The summed E-state index contributed by atoms with van der Waals surface area (Å²) in [6.07, 6.45) is 12.9. The van der Waals surface area contributed by atoms with E-state index in [2.05, 4.69) is 45.9 Å². The van der Waals surface area contributed by atoms with E-state index in [9.17, 15) is 9.59 Å². The largest absolute Gasteiger partial charge is 0.481 e. The average molecular weight is 893 g/mol. The molecule has 0 unspecified atom stereocenters. The highest BCUT2D eigenvalue weighted by molar-refractivity contribution is 5.94. The van der Waals surface area contributed by atoms with Crippen molar-refractivity contribution in [1.82, 2.24) is 29.9 Å². The van der Waals surface area contributed by atoms with E-state index in [1.807, 2.05) is 90.6 Å². The van der Waals surface area contributed by atoms with Crippen molar-refractivity contribution in [2.75, 3.05) is 14.2 Å². The minimum atomic E-state index is -0.593. The van der Waals surface area contributed by atoms with Crippen LogP contribution in [0.2, 0.25) is 0 Å². The number of fused-ring (bicyclic) bond motifs is 4. The Morgan fingerprint density at radius 3 is 1.32 bits per heavy atom. The molecular weight excluding hydrogens is 833 g/mol. The van der Waals surface area contributed by atoms with Crippen LogP contribution in [-0.4, -0.2) is 67.3 Å². The topological polar surface area (TPSA) is 200 Å². The van der Waals surface area contributed by atoms with Crippen LogP contribution in [0.4, 0.5) is 0 Å². The molecule has 0 spiro atoms. The quantitative estimate of drug-likeness (QED) is 0.124. The highest BCUT2D eigenvalue weighted by atomic mass is 16.6. The van der Waals surface area contributed by atoms with Crippen LogP contribution in [0.5, 0.6) is 11.8 Å². The number of nitrogens with zero attached hydrogens (tertiary/aromatic N) is 6. The van der Waals surface area contributed by atoms with Gasteiger partial charge in [0.2, 0.25) is 11.8 Å². The van der Waals surface area contributed by atoms with Gasteiger partial charge in [-0.2, -0.15) is 0 Å². The van der Waals surface area contributed by atoms with Crippen molar-refractivity contribution in [3.05, 3.63) is 118 Å². The number of carbonyl (C=O) groups excluding carboxylic acids is 2. The minimum Gasteiger partial charge on any atom is -0.481 e. The second-order valence-electron chi connectivity index (χ2n) is 20.2. The van der Waals surface area contributed by atoms with E-state index in [1.54, 1.807) is 14.2 Å². The van der Waals surface area contributed by atoms with Gasteiger partial charge in [-0.1, -0.05) is 13.8 Å². The highest BCUT2D eigenvalue weighted by Gasteiger charge is 2.44. The third-order valence-electron chi connectivity index (χ3n) is 14.7. The number of aromatic nitrogens is 6. The Hall–Kier alpha value is -6.12. The molecule has 8 heterocycles. The van der Waals surface area contributed by atoms with E-state index < -0.39 is 22.3 Å². The number of carbonyl (C=O) groups is 2. The number of pyridine rings is 6. The smallest absolute Gasteiger partial charge is 0.340 e. The summed E-state index contributed by atoms with van der Waals surface area (Å²) in [6.45, 7) is 15.9. The van der Waals surface area contributed by atoms with Gasteiger partial charge in [-0.3, -0.25) is 19.9 Å². The number of cyclic esters (lactones) is 2. The maximum atomic E-state index is 12.4. The van der Waals surface area contributed by atoms with Crippen LogP contribution in [0.25, 0.3) is 21.5 Å². The van der Waals surface area contributed by atoms with E-state index in [1.165, 1.54) is 0 Å². The molecule has 66 heavy (non-hydrogen) atoms. The van der Waals surface area contributed by atoms with Crippen molar-refractivity contribution in [1.29, 1.82) is 0 Å². The van der Waals surface area contributed by atoms with Gasteiger partial charge in [-0.15, -0.1) is 0 Å². The molecule has 4 atom stereocenters. The Balaban J connectivity index is 0.000000166. The molecule has 344 valence electrons. The Bertz CT molecular complexity index is 2720. The predicted molar refractivity (Wildman–Crippen MR) is 251 cm³/mol. The predicted octanol–water partition coefficient (Wildman–Crippen LogP) is 8.52. The molecule has 14 heteroatoms. The third-order valence-corrected chi connectivity index (χ3v) is 14.7. The molecule has 2 fully saturated rings. The number of methoxy groups -OCH3 is 2. The van der Waals surface area contributed by atoms with Crippen molar-refractivity contribution in [3.63, 3.8) is 0 Å². The van der Waals surface area contributed by atoms with Gasteiger partial charge in [0, 0.05) is 83.3 Å². The lowest BCUT2D eigenvalue weighted by atomic mass is 9.84. The number of rotatable bonds is 10. The van der Waals surface area contributed by atoms with E-state index in [0.717, 1.165) is 92.5 Å². The summed E-state index contributed by atoms with van der Waals surface area (Å²) in [7, 11) is 3.23. The lowest BCUT2D eigenvalue weighted by Gasteiger charge is -2.36. The fraction of sp³-hybridized carbons (Fsp3) is 0.462. The molecule has 0 amide bonds. The van der Waals surface area contributed by atoms with Crippen molar-refractivity contribution >= 4 is 33.5 Å². The van der Waals surface area contributed by atoms with Gasteiger partial charge in [0.15, 0.2) is 0 Å². The Morgan fingerprint density at radius 1 is 0.591 bits per heavy atom. The molecular formula is C52H60N8O6. The summed E-state index contributed by atoms with van der Waals surface area (Å²) in [6, 6.07) is 11.5. The summed E-state index contributed by atoms with van der Waals surface area (Å²) in [5, 5.41) is 3.74. The zero-order valence-corrected chi connectivity index (χ0v) is 39.6. The number of hydrogen-bond acceptors (Lipinski definition) is 14. The Labute approximate surface area is 385 Å². The number of hydrogen-bond donors (Lipinski definition) is 2. The molecule has 4 aliphatic rings.